The van der Waals surface area contributed by atoms with Crippen LogP contribution in [-0.2, 0) is 9.59 Å². The maximum Gasteiger partial charge on any atom is 0.247 e. The molecule has 0 aliphatic heterocycles. The fraction of sp³-hybridized carbons (Fsp3) is 0.222. The van der Waals surface area contributed by atoms with Crippen molar-refractivity contribution >= 4 is 46.4 Å². The van der Waals surface area contributed by atoms with Crippen LogP contribution in [0.4, 0.5) is 11.4 Å². The summed E-state index contributed by atoms with van der Waals surface area (Å²) in [7, 11) is 0. The number of hydrogen-bond donors (Lipinski definition) is 0. The van der Waals surface area contributed by atoms with Crippen LogP contribution in [0, 0.1) is 0 Å². The largest absolute Gasteiger partial charge is 0.311 e. The quantitative estimate of drug-likeness (QED) is 0.788. The third-order valence-electron chi connectivity index (χ3n) is 3.58. The molecule has 0 radical (unpaired) electrons. The first-order valence-electron chi connectivity index (χ1n) is 7.53. The standard InChI is InChI=1S/C18H18Cl2N2O2/c1-3-21(14-8-5-4-6-9-14)17(24)12-22(13(2)23)16-11-7-10-15(19)18(16)20/h4-11H,3,12H2,1-2H3. The molecule has 0 fully saturated rings. The van der Waals surface area contributed by atoms with Gasteiger partial charge in [-0.25, -0.2) is 0 Å². The molecule has 0 aromatic heterocycles. The van der Waals surface area contributed by atoms with E-state index < -0.39 is 0 Å². The van der Waals surface area contributed by atoms with Crippen LogP contribution >= 0.6 is 23.2 Å². The second-order valence-corrected chi connectivity index (χ2v) is 5.94. The number of anilines is 2. The molecule has 0 atom stereocenters. The van der Waals surface area contributed by atoms with Crippen molar-refractivity contribution in [3.05, 3.63) is 58.6 Å². The lowest BCUT2D eigenvalue weighted by Gasteiger charge is -2.27. The summed E-state index contributed by atoms with van der Waals surface area (Å²) in [5.74, 6) is -0.480. The van der Waals surface area contributed by atoms with Crippen LogP contribution in [0.15, 0.2) is 48.5 Å². The monoisotopic (exact) mass is 364 g/mol. The van der Waals surface area contributed by atoms with Crippen LogP contribution in [0.1, 0.15) is 13.8 Å². The third-order valence-corrected chi connectivity index (χ3v) is 4.39. The predicted molar refractivity (Wildman–Crippen MR) is 99.0 cm³/mol. The van der Waals surface area contributed by atoms with E-state index in [1.54, 1.807) is 23.1 Å². The van der Waals surface area contributed by atoms with Crippen LogP contribution in [0.5, 0.6) is 0 Å². The summed E-state index contributed by atoms with van der Waals surface area (Å²) >= 11 is 12.2. The average Bonchev–Trinajstić information content (AvgIpc) is 2.57. The van der Waals surface area contributed by atoms with Crippen LogP contribution in [-0.4, -0.2) is 24.9 Å². The number of rotatable bonds is 5. The van der Waals surface area contributed by atoms with Gasteiger partial charge in [-0.15, -0.1) is 0 Å². The Hall–Kier alpha value is -2.04. The maximum absolute atomic E-state index is 12.7. The zero-order chi connectivity index (χ0) is 17.7. The number of halogens is 2. The van der Waals surface area contributed by atoms with Crippen molar-refractivity contribution in [2.75, 3.05) is 22.9 Å². The molecule has 0 saturated heterocycles. The second-order valence-electron chi connectivity index (χ2n) is 5.15. The van der Waals surface area contributed by atoms with Crippen LogP contribution < -0.4 is 9.80 Å². The minimum atomic E-state index is -0.281. The Bertz CT molecular complexity index is 735. The van der Waals surface area contributed by atoms with Crippen LogP contribution in [0.25, 0.3) is 0 Å². The summed E-state index contributed by atoms with van der Waals surface area (Å²) in [6, 6.07) is 14.3. The summed E-state index contributed by atoms with van der Waals surface area (Å²) < 4.78 is 0. The molecule has 0 spiro atoms. The fourth-order valence-corrected chi connectivity index (χ4v) is 2.80. The molecule has 0 heterocycles. The average molecular weight is 365 g/mol. The van der Waals surface area contributed by atoms with Crippen molar-refractivity contribution < 1.29 is 9.59 Å². The Kier molecular flexibility index (Phi) is 6.23. The number of nitrogens with zero attached hydrogens (tertiary/aromatic N) is 2. The van der Waals surface area contributed by atoms with E-state index in [-0.39, 0.29) is 23.4 Å². The maximum atomic E-state index is 12.7. The van der Waals surface area contributed by atoms with E-state index in [2.05, 4.69) is 0 Å². The predicted octanol–water partition coefficient (Wildman–Crippen LogP) is 4.40. The van der Waals surface area contributed by atoms with Crippen molar-refractivity contribution in [1.29, 1.82) is 0 Å². The number of benzene rings is 2. The molecule has 2 amide bonds. The van der Waals surface area contributed by atoms with Crippen molar-refractivity contribution in [2.24, 2.45) is 0 Å². The Morgan fingerprint density at radius 3 is 2.21 bits per heavy atom. The first kappa shape index (κ1) is 18.3. The molecule has 0 saturated carbocycles. The molecule has 0 bridgehead atoms. The van der Waals surface area contributed by atoms with Gasteiger partial charge in [-0.1, -0.05) is 47.5 Å². The number of hydrogen-bond acceptors (Lipinski definition) is 2. The molecule has 0 N–H and O–H groups in total. The van der Waals surface area contributed by atoms with Gasteiger partial charge in [-0.3, -0.25) is 9.59 Å². The van der Waals surface area contributed by atoms with Crippen LogP contribution in [0.2, 0.25) is 10.0 Å². The van der Waals surface area contributed by atoms with E-state index in [0.717, 1.165) is 5.69 Å². The van der Waals surface area contributed by atoms with Gasteiger partial charge in [0.2, 0.25) is 11.8 Å². The first-order valence-corrected chi connectivity index (χ1v) is 8.28. The van der Waals surface area contributed by atoms with Crippen molar-refractivity contribution in [1.82, 2.24) is 0 Å². The minimum absolute atomic E-state index is 0.113. The van der Waals surface area contributed by atoms with Crippen molar-refractivity contribution in [3.8, 4) is 0 Å². The molecule has 24 heavy (non-hydrogen) atoms. The van der Waals surface area contributed by atoms with E-state index in [1.165, 1.54) is 11.8 Å². The lowest BCUT2D eigenvalue weighted by Crippen LogP contribution is -2.42. The van der Waals surface area contributed by atoms with Gasteiger partial charge in [0, 0.05) is 19.2 Å². The zero-order valence-corrected chi connectivity index (χ0v) is 15.0. The van der Waals surface area contributed by atoms with Gasteiger partial charge in [-0.2, -0.15) is 0 Å². The molecule has 2 aromatic rings. The molecule has 0 unspecified atom stereocenters. The first-order chi connectivity index (χ1) is 11.5. The third kappa shape index (κ3) is 4.08. The highest BCUT2D eigenvalue weighted by Gasteiger charge is 2.23. The zero-order valence-electron chi connectivity index (χ0n) is 13.5. The molecule has 0 aliphatic carbocycles. The van der Waals surface area contributed by atoms with Crippen LogP contribution in [0.3, 0.4) is 0 Å². The molecule has 2 rings (SSSR count). The fourth-order valence-electron chi connectivity index (χ4n) is 2.40. The Balaban J connectivity index is 2.29. The highest BCUT2D eigenvalue weighted by Crippen LogP contribution is 2.32. The van der Waals surface area contributed by atoms with E-state index in [1.807, 2.05) is 37.3 Å². The number of likely N-dealkylation sites (N-methyl/N-ethyl adjacent to an activating group) is 1. The lowest BCUT2D eigenvalue weighted by atomic mass is 10.2. The number of amides is 2. The van der Waals surface area contributed by atoms with Crippen molar-refractivity contribution in [2.45, 2.75) is 13.8 Å². The number of carbonyl (C=O) groups is 2. The van der Waals surface area contributed by atoms with Gasteiger partial charge < -0.3 is 9.80 Å². The summed E-state index contributed by atoms with van der Waals surface area (Å²) in [4.78, 5) is 27.7. The highest BCUT2D eigenvalue weighted by molar-refractivity contribution is 6.44. The topological polar surface area (TPSA) is 40.6 Å². The smallest absolute Gasteiger partial charge is 0.247 e. The van der Waals surface area contributed by atoms with Crippen molar-refractivity contribution in [3.63, 3.8) is 0 Å². The minimum Gasteiger partial charge on any atom is -0.311 e. The summed E-state index contributed by atoms with van der Waals surface area (Å²) in [6.07, 6.45) is 0. The Labute approximate surface area is 151 Å². The van der Waals surface area contributed by atoms with E-state index in [4.69, 9.17) is 23.2 Å². The van der Waals surface area contributed by atoms with Gasteiger partial charge in [0.1, 0.15) is 6.54 Å². The Morgan fingerprint density at radius 1 is 0.958 bits per heavy atom. The lowest BCUT2D eigenvalue weighted by molar-refractivity contribution is -0.121. The molecular formula is C18H18Cl2N2O2. The summed E-state index contributed by atoms with van der Waals surface area (Å²) in [5, 5.41) is 0.591. The molecule has 4 nitrogen and oxygen atoms in total. The normalized spacial score (nSPS) is 10.3. The SMILES string of the molecule is CCN(C(=O)CN(C(C)=O)c1cccc(Cl)c1Cl)c1ccccc1. The molecule has 0 aliphatic rings. The highest BCUT2D eigenvalue weighted by atomic mass is 35.5. The molecule has 6 heteroatoms. The second kappa shape index (κ2) is 8.18. The molecular weight excluding hydrogens is 347 g/mol. The van der Waals surface area contributed by atoms with E-state index >= 15 is 0 Å². The van der Waals surface area contributed by atoms with Gasteiger partial charge in [0.15, 0.2) is 0 Å². The van der Waals surface area contributed by atoms with Gasteiger partial charge >= 0.3 is 0 Å². The van der Waals surface area contributed by atoms with Gasteiger partial charge in [0.05, 0.1) is 15.7 Å². The Morgan fingerprint density at radius 2 is 1.62 bits per heavy atom. The number of carbonyl (C=O) groups excluding carboxylic acids is 2. The molecule has 2 aromatic carbocycles. The van der Waals surface area contributed by atoms with Gasteiger partial charge in [-0.05, 0) is 31.2 Å². The van der Waals surface area contributed by atoms with Gasteiger partial charge in [0.25, 0.3) is 0 Å². The van der Waals surface area contributed by atoms with E-state index in [0.29, 0.717) is 17.3 Å². The number of para-hydroxylation sites is 1. The summed E-state index contributed by atoms with van der Waals surface area (Å²) in [5.41, 5.74) is 1.21. The van der Waals surface area contributed by atoms with E-state index in [9.17, 15) is 9.59 Å². The molecule has 126 valence electrons. The summed E-state index contributed by atoms with van der Waals surface area (Å²) in [6.45, 7) is 3.66.